The summed E-state index contributed by atoms with van der Waals surface area (Å²) in [6.45, 7) is 0.0234. The Balaban J connectivity index is 2.39. The third-order valence-electron chi connectivity index (χ3n) is 3.32. The Hall–Kier alpha value is -1.89. The van der Waals surface area contributed by atoms with Gasteiger partial charge in [-0.25, -0.2) is 4.98 Å². The first-order chi connectivity index (χ1) is 9.76. The van der Waals surface area contributed by atoms with Gasteiger partial charge in [-0.05, 0) is 29.7 Å². The molecule has 4 heteroatoms. The molecule has 0 amide bonds. The first-order valence-corrected chi connectivity index (χ1v) is 6.81. The predicted molar refractivity (Wildman–Crippen MR) is 78.5 cm³/mol. The molecule has 0 radical (unpaired) electrons. The van der Waals surface area contributed by atoms with Gasteiger partial charge in [0.2, 0.25) is 0 Å². The van der Waals surface area contributed by atoms with E-state index in [9.17, 15) is 10.4 Å². The highest BCUT2D eigenvalue weighted by Gasteiger charge is 2.24. The van der Waals surface area contributed by atoms with E-state index in [1.54, 1.807) is 12.3 Å². The zero-order valence-electron chi connectivity index (χ0n) is 10.9. The quantitative estimate of drug-likeness (QED) is 0.856. The number of rotatable bonds is 5. The Morgan fingerprint density at radius 3 is 2.55 bits per heavy atom. The van der Waals surface area contributed by atoms with Crippen LogP contribution < -0.4 is 0 Å². The van der Waals surface area contributed by atoms with Crippen molar-refractivity contribution in [1.82, 2.24) is 4.98 Å². The Kier molecular flexibility index (Phi) is 5.11. The fourth-order valence-corrected chi connectivity index (χ4v) is 2.55. The highest BCUT2D eigenvalue weighted by molar-refractivity contribution is 6.29. The SMILES string of the molecule is N#C[C@@H](c1ccccc1)[C@@H](CCO)c1ccnc(Cl)c1. The van der Waals surface area contributed by atoms with Gasteiger partial charge in [0.25, 0.3) is 0 Å². The minimum atomic E-state index is -0.318. The second kappa shape index (κ2) is 7.04. The topological polar surface area (TPSA) is 56.9 Å². The van der Waals surface area contributed by atoms with Crippen LogP contribution in [0.2, 0.25) is 5.15 Å². The maximum absolute atomic E-state index is 9.53. The van der Waals surface area contributed by atoms with E-state index in [1.807, 2.05) is 36.4 Å². The number of hydrogen-bond donors (Lipinski definition) is 1. The summed E-state index contributed by atoms with van der Waals surface area (Å²) in [6, 6.07) is 15.6. The number of pyridine rings is 1. The standard InChI is InChI=1S/C16H15ClN2O/c17-16-10-13(6-8-19-16)14(7-9-20)15(11-18)12-4-2-1-3-5-12/h1-6,8,10,14-15,20H,7,9H2/t14-,15-/m0/s1. The molecule has 0 fully saturated rings. The number of aliphatic hydroxyl groups excluding tert-OH is 1. The van der Waals surface area contributed by atoms with Gasteiger partial charge in [-0.2, -0.15) is 5.26 Å². The van der Waals surface area contributed by atoms with Gasteiger partial charge >= 0.3 is 0 Å². The van der Waals surface area contributed by atoms with Crippen molar-refractivity contribution >= 4 is 11.6 Å². The van der Waals surface area contributed by atoms with Crippen molar-refractivity contribution in [1.29, 1.82) is 5.26 Å². The molecule has 1 heterocycles. The van der Waals surface area contributed by atoms with E-state index in [4.69, 9.17) is 11.6 Å². The lowest BCUT2D eigenvalue weighted by Crippen LogP contribution is -2.12. The highest BCUT2D eigenvalue weighted by atomic mass is 35.5. The number of aromatic nitrogens is 1. The molecule has 0 unspecified atom stereocenters. The van der Waals surface area contributed by atoms with E-state index < -0.39 is 0 Å². The zero-order chi connectivity index (χ0) is 14.4. The van der Waals surface area contributed by atoms with Crippen LogP contribution in [0.25, 0.3) is 0 Å². The minimum absolute atomic E-state index is 0.0234. The smallest absolute Gasteiger partial charge is 0.129 e. The molecule has 0 saturated heterocycles. The second-order valence-corrected chi connectivity index (χ2v) is 4.94. The van der Waals surface area contributed by atoms with Crippen molar-refractivity contribution in [3.63, 3.8) is 0 Å². The molecular formula is C16H15ClN2O. The number of nitriles is 1. The molecule has 0 aliphatic carbocycles. The summed E-state index contributed by atoms with van der Waals surface area (Å²) in [4.78, 5) is 3.96. The van der Waals surface area contributed by atoms with Crippen LogP contribution in [-0.4, -0.2) is 16.7 Å². The van der Waals surface area contributed by atoms with Gasteiger partial charge in [0.15, 0.2) is 0 Å². The molecule has 1 aromatic carbocycles. The number of aliphatic hydroxyl groups is 1. The molecule has 0 bridgehead atoms. The maximum Gasteiger partial charge on any atom is 0.129 e. The molecule has 0 spiro atoms. The third kappa shape index (κ3) is 3.36. The van der Waals surface area contributed by atoms with Crippen LogP contribution in [0.1, 0.15) is 29.4 Å². The summed E-state index contributed by atoms with van der Waals surface area (Å²) in [5.74, 6) is -0.422. The average molecular weight is 287 g/mol. The van der Waals surface area contributed by atoms with Gasteiger partial charge in [0, 0.05) is 18.7 Å². The van der Waals surface area contributed by atoms with Gasteiger partial charge in [-0.15, -0.1) is 0 Å². The lowest BCUT2D eigenvalue weighted by molar-refractivity contribution is 0.272. The van der Waals surface area contributed by atoms with Gasteiger partial charge < -0.3 is 5.11 Å². The molecule has 1 aromatic heterocycles. The molecule has 0 saturated carbocycles. The van der Waals surface area contributed by atoms with Crippen LogP contribution in [-0.2, 0) is 0 Å². The van der Waals surface area contributed by atoms with Gasteiger partial charge in [0.05, 0.1) is 12.0 Å². The molecule has 0 aliphatic rings. The first kappa shape index (κ1) is 14.5. The zero-order valence-corrected chi connectivity index (χ0v) is 11.7. The molecule has 3 nitrogen and oxygen atoms in total. The Bertz CT molecular complexity index is 595. The van der Waals surface area contributed by atoms with Crippen LogP contribution >= 0.6 is 11.6 Å². The fourth-order valence-electron chi connectivity index (χ4n) is 2.37. The Labute approximate surface area is 123 Å². The van der Waals surface area contributed by atoms with E-state index in [-0.39, 0.29) is 18.4 Å². The van der Waals surface area contributed by atoms with Gasteiger partial charge in [-0.3, -0.25) is 0 Å². The van der Waals surface area contributed by atoms with Crippen LogP contribution in [0.3, 0.4) is 0 Å². The van der Waals surface area contributed by atoms with Crippen molar-refractivity contribution < 1.29 is 5.11 Å². The average Bonchev–Trinajstić information content (AvgIpc) is 2.48. The van der Waals surface area contributed by atoms with E-state index in [0.29, 0.717) is 11.6 Å². The Morgan fingerprint density at radius 1 is 1.20 bits per heavy atom. The van der Waals surface area contributed by atoms with E-state index >= 15 is 0 Å². The van der Waals surface area contributed by atoms with E-state index in [0.717, 1.165) is 11.1 Å². The predicted octanol–water partition coefficient (Wildman–Crippen LogP) is 3.51. The minimum Gasteiger partial charge on any atom is -0.396 e. The molecule has 2 atom stereocenters. The van der Waals surface area contributed by atoms with Crippen molar-refractivity contribution in [2.45, 2.75) is 18.3 Å². The van der Waals surface area contributed by atoms with Crippen LogP contribution in [0.15, 0.2) is 48.7 Å². The molecule has 102 valence electrons. The van der Waals surface area contributed by atoms with Crippen LogP contribution in [0.5, 0.6) is 0 Å². The largest absolute Gasteiger partial charge is 0.396 e. The third-order valence-corrected chi connectivity index (χ3v) is 3.53. The summed E-state index contributed by atoms with van der Waals surface area (Å²) in [7, 11) is 0. The first-order valence-electron chi connectivity index (χ1n) is 6.43. The molecule has 0 aliphatic heterocycles. The maximum atomic E-state index is 9.53. The Morgan fingerprint density at radius 2 is 1.95 bits per heavy atom. The van der Waals surface area contributed by atoms with E-state index in [1.165, 1.54) is 0 Å². The number of nitrogens with zero attached hydrogens (tertiary/aromatic N) is 2. The molecule has 1 N–H and O–H groups in total. The van der Waals surface area contributed by atoms with Crippen molar-refractivity contribution in [2.75, 3.05) is 6.61 Å². The van der Waals surface area contributed by atoms with Crippen LogP contribution in [0, 0.1) is 11.3 Å². The number of hydrogen-bond acceptors (Lipinski definition) is 3. The lowest BCUT2D eigenvalue weighted by atomic mass is 9.81. The van der Waals surface area contributed by atoms with Gasteiger partial charge in [0.1, 0.15) is 5.15 Å². The number of halogens is 1. The summed E-state index contributed by atoms with van der Waals surface area (Å²) in [5.41, 5.74) is 1.87. The summed E-state index contributed by atoms with van der Waals surface area (Å²) < 4.78 is 0. The summed E-state index contributed by atoms with van der Waals surface area (Å²) in [6.07, 6.45) is 2.13. The monoisotopic (exact) mass is 286 g/mol. The van der Waals surface area contributed by atoms with Crippen molar-refractivity contribution in [2.24, 2.45) is 0 Å². The second-order valence-electron chi connectivity index (χ2n) is 4.55. The van der Waals surface area contributed by atoms with Crippen LogP contribution in [0.4, 0.5) is 0 Å². The molecular weight excluding hydrogens is 272 g/mol. The van der Waals surface area contributed by atoms with Crippen molar-refractivity contribution in [3.8, 4) is 6.07 Å². The molecule has 2 rings (SSSR count). The lowest BCUT2D eigenvalue weighted by Gasteiger charge is -2.22. The van der Waals surface area contributed by atoms with E-state index in [2.05, 4.69) is 11.1 Å². The van der Waals surface area contributed by atoms with Gasteiger partial charge in [-0.1, -0.05) is 41.9 Å². The summed E-state index contributed by atoms with van der Waals surface area (Å²) >= 11 is 5.93. The number of benzene rings is 1. The fraction of sp³-hybridized carbons (Fsp3) is 0.250. The molecule has 20 heavy (non-hydrogen) atoms. The highest BCUT2D eigenvalue weighted by Crippen LogP contribution is 2.35. The summed E-state index contributed by atoms with van der Waals surface area (Å²) in [5, 5.41) is 19.2. The van der Waals surface area contributed by atoms with Crippen molar-refractivity contribution in [3.05, 3.63) is 64.9 Å². The molecule has 2 aromatic rings. The normalized spacial score (nSPS) is 13.4.